The first-order chi connectivity index (χ1) is 11.6. The van der Waals surface area contributed by atoms with Gasteiger partial charge in [0, 0.05) is 16.8 Å². The summed E-state index contributed by atoms with van der Waals surface area (Å²) in [5.41, 5.74) is 1.68. The minimum absolute atomic E-state index is 0.131. The van der Waals surface area contributed by atoms with Crippen LogP contribution in [0.5, 0.6) is 0 Å². The van der Waals surface area contributed by atoms with Crippen LogP contribution in [0.1, 0.15) is 43.6 Å². The van der Waals surface area contributed by atoms with E-state index in [2.05, 4.69) is 10.0 Å². The van der Waals surface area contributed by atoms with E-state index < -0.39 is 15.6 Å². The molecule has 25 heavy (non-hydrogen) atoms. The normalized spacial score (nSPS) is 12.0. The van der Waals surface area contributed by atoms with Crippen LogP contribution < -0.4 is 10.0 Å². The van der Waals surface area contributed by atoms with E-state index in [4.69, 9.17) is 0 Å². The van der Waals surface area contributed by atoms with E-state index in [1.54, 1.807) is 20.8 Å². The molecule has 0 radical (unpaired) electrons. The molecule has 0 saturated carbocycles. The van der Waals surface area contributed by atoms with Crippen LogP contribution in [-0.4, -0.2) is 19.9 Å². The Morgan fingerprint density at radius 3 is 2.24 bits per heavy atom. The maximum Gasteiger partial charge on any atom is 0.255 e. The molecular formula is C19H24N2O3S. The van der Waals surface area contributed by atoms with Crippen molar-refractivity contribution in [1.29, 1.82) is 0 Å². The van der Waals surface area contributed by atoms with Crippen LogP contribution in [0.3, 0.4) is 0 Å². The molecule has 2 aromatic carbocycles. The number of amides is 1. The summed E-state index contributed by atoms with van der Waals surface area (Å²) in [6.45, 7) is 7.37. The van der Waals surface area contributed by atoms with Crippen LogP contribution in [0.25, 0.3) is 0 Å². The molecule has 0 aliphatic heterocycles. The summed E-state index contributed by atoms with van der Waals surface area (Å²) >= 11 is 0. The third-order valence-corrected chi connectivity index (χ3v) is 5.23. The number of hydrogen-bond acceptors (Lipinski definition) is 3. The van der Waals surface area contributed by atoms with Crippen LogP contribution >= 0.6 is 0 Å². The van der Waals surface area contributed by atoms with E-state index in [-0.39, 0.29) is 10.8 Å². The van der Waals surface area contributed by atoms with Crippen molar-refractivity contribution in [2.24, 2.45) is 0 Å². The molecule has 0 aliphatic rings. The van der Waals surface area contributed by atoms with Gasteiger partial charge in [-0.2, -0.15) is 0 Å². The Morgan fingerprint density at radius 2 is 1.68 bits per heavy atom. The first kappa shape index (κ1) is 19.1. The fraction of sp³-hybridized carbons (Fsp3) is 0.316. The summed E-state index contributed by atoms with van der Waals surface area (Å²) in [6.07, 6.45) is 0.886. The Morgan fingerprint density at radius 1 is 1.04 bits per heavy atom. The molecule has 6 heteroatoms. The molecule has 0 unspecified atom stereocenters. The number of benzene rings is 2. The van der Waals surface area contributed by atoms with Crippen molar-refractivity contribution >= 4 is 21.6 Å². The van der Waals surface area contributed by atoms with E-state index in [0.717, 1.165) is 17.7 Å². The van der Waals surface area contributed by atoms with Crippen molar-refractivity contribution in [3.05, 3.63) is 59.7 Å². The zero-order chi connectivity index (χ0) is 18.7. The average molecular weight is 360 g/mol. The molecule has 0 aromatic heterocycles. The summed E-state index contributed by atoms with van der Waals surface area (Å²) in [7, 11) is -3.61. The van der Waals surface area contributed by atoms with Crippen LogP contribution in [0.2, 0.25) is 0 Å². The highest BCUT2D eigenvalue weighted by molar-refractivity contribution is 7.89. The van der Waals surface area contributed by atoms with Crippen molar-refractivity contribution in [3.8, 4) is 0 Å². The van der Waals surface area contributed by atoms with E-state index in [9.17, 15) is 13.2 Å². The van der Waals surface area contributed by atoms with E-state index in [1.165, 1.54) is 24.3 Å². The molecule has 1 amide bonds. The Labute approximate surface area is 149 Å². The minimum atomic E-state index is -3.61. The topological polar surface area (TPSA) is 75.3 Å². The van der Waals surface area contributed by atoms with Gasteiger partial charge in [0.25, 0.3) is 5.91 Å². The Balaban J connectivity index is 2.15. The predicted octanol–water partition coefficient (Wildman–Crippen LogP) is 3.58. The number of rotatable bonds is 5. The first-order valence-electron chi connectivity index (χ1n) is 8.15. The molecule has 0 fully saturated rings. The largest absolute Gasteiger partial charge is 0.322 e. The lowest BCUT2D eigenvalue weighted by molar-refractivity contribution is 0.102. The molecule has 0 atom stereocenters. The monoisotopic (exact) mass is 360 g/mol. The van der Waals surface area contributed by atoms with Gasteiger partial charge >= 0.3 is 0 Å². The van der Waals surface area contributed by atoms with Gasteiger partial charge in [0.2, 0.25) is 10.0 Å². The van der Waals surface area contributed by atoms with Crippen molar-refractivity contribution in [2.75, 3.05) is 5.32 Å². The quantitative estimate of drug-likeness (QED) is 0.856. The second-order valence-corrected chi connectivity index (χ2v) is 8.57. The third-order valence-electron chi connectivity index (χ3n) is 3.46. The summed E-state index contributed by atoms with van der Waals surface area (Å²) in [5.74, 6) is -0.277. The molecule has 2 N–H and O–H groups in total. The Bertz CT molecular complexity index is 851. The fourth-order valence-corrected chi connectivity index (χ4v) is 3.74. The predicted molar refractivity (Wildman–Crippen MR) is 100 cm³/mol. The van der Waals surface area contributed by atoms with Gasteiger partial charge in [-0.05, 0) is 69.2 Å². The van der Waals surface area contributed by atoms with Crippen molar-refractivity contribution in [2.45, 2.75) is 44.6 Å². The Kier molecular flexibility index (Phi) is 5.65. The lowest BCUT2D eigenvalue weighted by Gasteiger charge is -2.20. The highest BCUT2D eigenvalue weighted by Crippen LogP contribution is 2.16. The van der Waals surface area contributed by atoms with Gasteiger partial charge in [0.1, 0.15) is 0 Å². The average Bonchev–Trinajstić information content (AvgIpc) is 2.53. The van der Waals surface area contributed by atoms with Gasteiger partial charge in [-0.3, -0.25) is 4.79 Å². The van der Waals surface area contributed by atoms with Crippen LogP contribution in [0, 0.1) is 0 Å². The lowest BCUT2D eigenvalue weighted by Crippen LogP contribution is -2.40. The van der Waals surface area contributed by atoms with Gasteiger partial charge in [0.05, 0.1) is 4.90 Å². The molecule has 0 heterocycles. The molecular weight excluding hydrogens is 336 g/mol. The molecule has 2 rings (SSSR count). The van der Waals surface area contributed by atoms with Gasteiger partial charge in [-0.15, -0.1) is 0 Å². The zero-order valence-corrected chi connectivity index (χ0v) is 15.8. The maximum atomic E-state index is 12.3. The minimum Gasteiger partial charge on any atom is -0.322 e. The number of sulfonamides is 1. The molecule has 0 aliphatic carbocycles. The molecule has 0 saturated heterocycles. The number of carbonyl (C=O) groups is 1. The SMILES string of the molecule is CCc1cccc(NC(=O)c2ccc(S(=O)(=O)NC(C)(C)C)cc2)c1. The van der Waals surface area contributed by atoms with E-state index in [1.807, 2.05) is 31.2 Å². The van der Waals surface area contributed by atoms with Gasteiger partial charge < -0.3 is 5.32 Å². The second kappa shape index (κ2) is 7.37. The summed E-state index contributed by atoms with van der Waals surface area (Å²) in [4.78, 5) is 12.5. The molecule has 5 nitrogen and oxygen atoms in total. The highest BCUT2D eigenvalue weighted by atomic mass is 32.2. The van der Waals surface area contributed by atoms with Crippen LogP contribution in [0.4, 0.5) is 5.69 Å². The summed E-state index contributed by atoms with van der Waals surface area (Å²) in [6, 6.07) is 13.5. The summed E-state index contributed by atoms with van der Waals surface area (Å²) < 4.78 is 27.1. The number of anilines is 1. The highest BCUT2D eigenvalue weighted by Gasteiger charge is 2.22. The number of hydrogen-bond donors (Lipinski definition) is 2. The molecule has 0 bridgehead atoms. The number of carbonyl (C=O) groups excluding carboxylic acids is 1. The molecule has 2 aromatic rings. The lowest BCUT2D eigenvalue weighted by atomic mass is 10.1. The van der Waals surface area contributed by atoms with Crippen molar-refractivity contribution in [3.63, 3.8) is 0 Å². The van der Waals surface area contributed by atoms with Gasteiger partial charge in [-0.1, -0.05) is 19.1 Å². The van der Waals surface area contributed by atoms with Crippen LogP contribution in [-0.2, 0) is 16.4 Å². The fourth-order valence-electron chi connectivity index (χ4n) is 2.32. The zero-order valence-electron chi connectivity index (χ0n) is 15.0. The maximum absolute atomic E-state index is 12.3. The molecule has 0 spiro atoms. The van der Waals surface area contributed by atoms with E-state index >= 15 is 0 Å². The standard InChI is InChI=1S/C19H24N2O3S/c1-5-14-7-6-8-16(13-14)20-18(22)15-9-11-17(12-10-15)25(23,24)21-19(2,3)4/h6-13,21H,5H2,1-4H3,(H,20,22). The Hall–Kier alpha value is -2.18. The smallest absolute Gasteiger partial charge is 0.255 e. The van der Waals surface area contributed by atoms with Crippen molar-refractivity contribution < 1.29 is 13.2 Å². The van der Waals surface area contributed by atoms with Crippen molar-refractivity contribution in [1.82, 2.24) is 4.72 Å². The third kappa shape index (κ3) is 5.41. The number of nitrogens with one attached hydrogen (secondary N) is 2. The van der Waals surface area contributed by atoms with Crippen LogP contribution in [0.15, 0.2) is 53.4 Å². The first-order valence-corrected chi connectivity index (χ1v) is 9.63. The second-order valence-electron chi connectivity index (χ2n) is 6.89. The number of aryl methyl sites for hydroxylation is 1. The molecule has 134 valence electrons. The van der Waals surface area contributed by atoms with E-state index in [0.29, 0.717) is 5.56 Å². The van der Waals surface area contributed by atoms with Gasteiger partial charge in [-0.25, -0.2) is 13.1 Å². The summed E-state index contributed by atoms with van der Waals surface area (Å²) in [5, 5.41) is 2.83. The van der Waals surface area contributed by atoms with Gasteiger partial charge in [0.15, 0.2) is 0 Å².